The van der Waals surface area contributed by atoms with Crippen LogP contribution in [-0.2, 0) is 0 Å². The average Bonchev–Trinajstić information content (AvgIpc) is 2.16. The van der Waals surface area contributed by atoms with Gasteiger partial charge < -0.3 is 0 Å². The van der Waals surface area contributed by atoms with Gasteiger partial charge in [0.15, 0.2) is 0 Å². The molecule has 0 amide bonds. The smallest absolute Gasteiger partial charge is 0.0139 e. The van der Waals surface area contributed by atoms with Gasteiger partial charge in [-0.2, -0.15) is 0 Å². The molecular weight excluding hydrogens is 168 g/mol. The minimum atomic E-state index is 1.14. The van der Waals surface area contributed by atoms with Crippen LogP contribution in [0.1, 0.15) is 66.2 Å². The highest BCUT2D eigenvalue weighted by Gasteiger charge is 1.88. The fraction of sp³-hybridized carbons (Fsp3) is 0.714. The highest BCUT2D eigenvalue weighted by molar-refractivity contribution is 5.10. The van der Waals surface area contributed by atoms with Crippen LogP contribution in [0.2, 0.25) is 0 Å². The zero-order valence-electron chi connectivity index (χ0n) is 10.4. The van der Waals surface area contributed by atoms with Crippen molar-refractivity contribution < 1.29 is 0 Å². The molecule has 0 fully saturated rings. The summed E-state index contributed by atoms with van der Waals surface area (Å²) in [5.41, 5.74) is 2.97. The molecule has 0 spiro atoms. The monoisotopic (exact) mass is 194 g/mol. The number of allylic oxidation sites excluding steroid dienone is 4. The van der Waals surface area contributed by atoms with E-state index >= 15 is 0 Å². The Labute approximate surface area is 90.1 Å². The van der Waals surface area contributed by atoms with Gasteiger partial charge >= 0.3 is 0 Å². The van der Waals surface area contributed by atoms with Crippen molar-refractivity contribution in [3.8, 4) is 0 Å². The van der Waals surface area contributed by atoms with E-state index < -0.39 is 0 Å². The van der Waals surface area contributed by atoms with Gasteiger partial charge in [0, 0.05) is 0 Å². The van der Waals surface area contributed by atoms with Crippen LogP contribution >= 0.6 is 0 Å². The second kappa shape index (κ2) is 9.05. The maximum absolute atomic E-state index is 2.34. The standard InChI is InChI=1S/C14H26/c1-5-6-7-8-9-10-11-12-14(4)13(2)3/h10-11H,5-9,12H2,1-4H3/b11-10+. The molecule has 0 aromatic carbocycles. The summed E-state index contributed by atoms with van der Waals surface area (Å²) in [5, 5.41) is 0. The van der Waals surface area contributed by atoms with E-state index in [1.54, 1.807) is 0 Å². The summed E-state index contributed by atoms with van der Waals surface area (Å²) in [7, 11) is 0. The van der Waals surface area contributed by atoms with Crippen LogP contribution in [0.4, 0.5) is 0 Å². The number of rotatable bonds is 7. The van der Waals surface area contributed by atoms with E-state index in [2.05, 4.69) is 39.8 Å². The maximum Gasteiger partial charge on any atom is -0.0139 e. The second-order valence-corrected chi connectivity index (χ2v) is 4.31. The van der Waals surface area contributed by atoms with Crippen molar-refractivity contribution in [3.05, 3.63) is 23.3 Å². The fourth-order valence-corrected chi connectivity index (χ4v) is 1.27. The molecule has 0 rings (SSSR count). The predicted octanol–water partition coefficient (Wildman–Crippen LogP) is 5.26. The Bertz CT molecular complexity index is 180. The molecule has 0 aliphatic rings. The van der Waals surface area contributed by atoms with Gasteiger partial charge in [-0.05, 0) is 40.0 Å². The van der Waals surface area contributed by atoms with E-state index in [0.717, 1.165) is 6.42 Å². The molecule has 0 N–H and O–H groups in total. The quantitative estimate of drug-likeness (QED) is 0.383. The van der Waals surface area contributed by atoms with Crippen LogP contribution in [0, 0.1) is 0 Å². The molecule has 0 aromatic heterocycles. The first kappa shape index (κ1) is 13.5. The highest BCUT2D eigenvalue weighted by atomic mass is 13.9. The molecule has 0 aromatic rings. The lowest BCUT2D eigenvalue weighted by Crippen LogP contribution is -1.78. The minimum absolute atomic E-state index is 1.14. The zero-order valence-corrected chi connectivity index (χ0v) is 10.4. The van der Waals surface area contributed by atoms with E-state index in [0.29, 0.717) is 0 Å². The van der Waals surface area contributed by atoms with Crippen LogP contribution in [0.5, 0.6) is 0 Å². The van der Waals surface area contributed by atoms with Gasteiger partial charge in [0.1, 0.15) is 0 Å². The molecule has 14 heavy (non-hydrogen) atoms. The Balaban J connectivity index is 3.41. The lowest BCUT2D eigenvalue weighted by molar-refractivity contribution is 0.674. The SMILES string of the molecule is CCCCCC/C=C/CC(C)=C(C)C. The van der Waals surface area contributed by atoms with Gasteiger partial charge in [-0.15, -0.1) is 0 Å². The molecule has 0 heteroatoms. The summed E-state index contributed by atoms with van der Waals surface area (Å²) in [6.45, 7) is 8.85. The van der Waals surface area contributed by atoms with Gasteiger partial charge in [0.25, 0.3) is 0 Å². The molecule has 0 saturated carbocycles. The van der Waals surface area contributed by atoms with Crippen molar-refractivity contribution >= 4 is 0 Å². The van der Waals surface area contributed by atoms with Crippen LogP contribution in [-0.4, -0.2) is 0 Å². The van der Waals surface area contributed by atoms with Crippen molar-refractivity contribution in [2.24, 2.45) is 0 Å². The summed E-state index contributed by atoms with van der Waals surface area (Å²) in [4.78, 5) is 0. The molecule has 0 bridgehead atoms. The van der Waals surface area contributed by atoms with E-state index in [4.69, 9.17) is 0 Å². The first-order valence-corrected chi connectivity index (χ1v) is 5.96. The molecule has 0 atom stereocenters. The van der Waals surface area contributed by atoms with E-state index in [-0.39, 0.29) is 0 Å². The van der Waals surface area contributed by atoms with Crippen LogP contribution in [0.15, 0.2) is 23.3 Å². The third kappa shape index (κ3) is 8.10. The van der Waals surface area contributed by atoms with Crippen molar-refractivity contribution in [3.63, 3.8) is 0 Å². The van der Waals surface area contributed by atoms with Gasteiger partial charge in [-0.25, -0.2) is 0 Å². The lowest BCUT2D eigenvalue weighted by Gasteiger charge is -1.98. The molecule has 0 saturated heterocycles. The molecule has 0 aliphatic carbocycles. The summed E-state index contributed by atoms with van der Waals surface area (Å²) in [6.07, 6.45) is 12.5. The largest absolute Gasteiger partial charge is 0.0882 e. The van der Waals surface area contributed by atoms with Crippen molar-refractivity contribution in [2.45, 2.75) is 66.2 Å². The Morgan fingerprint density at radius 2 is 1.64 bits per heavy atom. The van der Waals surface area contributed by atoms with Crippen LogP contribution < -0.4 is 0 Å². The van der Waals surface area contributed by atoms with Crippen LogP contribution in [0.25, 0.3) is 0 Å². The molecule has 0 heterocycles. The Kier molecular flexibility index (Phi) is 8.72. The summed E-state index contributed by atoms with van der Waals surface area (Å²) >= 11 is 0. The van der Waals surface area contributed by atoms with E-state index in [1.807, 2.05) is 0 Å². The van der Waals surface area contributed by atoms with Gasteiger partial charge in [-0.3, -0.25) is 0 Å². The van der Waals surface area contributed by atoms with Gasteiger partial charge in [0.05, 0.1) is 0 Å². The molecular formula is C14H26. The summed E-state index contributed by atoms with van der Waals surface area (Å²) < 4.78 is 0. The number of hydrogen-bond donors (Lipinski definition) is 0. The van der Waals surface area contributed by atoms with Crippen molar-refractivity contribution in [1.29, 1.82) is 0 Å². The fourth-order valence-electron chi connectivity index (χ4n) is 1.27. The third-order valence-corrected chi connectivity index (χ3v) is 2.67. The van der Waals surface area contributed by atoms with E-state index in [9.17, 15) is 0 Å². The molecule has 0 radical (unpaired) electrons. The second-order valence-electron chi connectivity index (χ2n) is 4.31. The predicted molar refractivity (Wildman–Crippen MR) is 66.6 cm³/mol. The first-order valence-electron chi connectivity index (χ1n) is 5.96. The van der Waals surface area contributed by atoms with Gasteiger partial charge in [0.2, 0.25) is 0 Å². The minimum Gasteiger partial charge on any atom is -0.0882 e. The average molecular weight is 194 g/mol. The third-order valence-electron chi connectivity index (χ3n) is 2.67. The number of hydrogen-bond acceptors (Lipinski definition) is 0. The zero-order chi connectivity index (χ0) is 10.8. The lowest BCUT2D eigenvalue weighted by atomic mass is 10.1. The maximum atomic E-state index is 2.34. The Morgan fingerprint density at radius 1 is 0.929 bits per heavy atom. The van der Waals surface area contributed by atoms with Crippen molar-refractivity contribution in [1.82, 2.24) is 0 Å². The summed E-state index contributed by atoms with van der Waals surface area (Å²) in [6, 6.07) is 0. The van der Waals surface area contributed by atoms with Crippen molar-refractivity contribution in [2.75, 3.05) is 0 Å². The topological polar surface area (TPSA) is 0 Å². The van der Waals surface area contributed by atoms with Gasteiger partial charge in [-0.1, -0.05) is 49.5 Å². The molecule has 0 unspecified atom stereocenters. The highest BCUT2D eigenvalue weighted by Crippen LogP contribution is 2.08. The molecule has 0 aliphatic heterocycles. The first-order chi connectivity index (χ1) is 6.68. The molecule has 0 nitrogen and oxygen atoms in total. The van der Waals surface area contributed by atoms with Crippen LogP contribution in [0.3, 0.4) is 0 Å². The number of unbranched alkanes of at least 4 members (excludes halogenated alkanes) is 4. The summed E-state index contributed by atoms with van der Waals surface area (Å²) in [5.74, 6) is 0. The molecule has 82 valence electrons. The Hall–Kier alpha value is -0.520. The normalized spacial score (nSPS) is 10.9. The van der Waals surface area contributed by atoms with E-state index in [1.165, 1.54) is 43.3 Å². The Morgan fingerprint density at radius 3 is 2.21 bits per heavy atom.